The number of hydrogen-bond donors (Lipinski definition) is 2. The molecule has 0 aromatic heterocycles. The number of para-hydroxylation sites is 2. The van der Waals surface area contributed by atoms with Crippen LogP contribution in [0, 0.1) is 0 Å². The van der Waals surface area contributed by atoms with Gasteiger partial charge < -0.3 is 15.4 Å². The number of methoxy groups -OCH3 is 1. The van der Waals surface area contributed by atoms with Crippen LogP contribution in [0.5, 0.6) is 5.75 Å². The Morgan fingerprint density at radius 2 is 1.67 bits per heavy atom. The Bertz CT molecular complexity index is 863. The Morgan fingerprint density at radius 3 is 2.46 bits per heavy atom. The van der Waals surface area contributed by atoms with Gasteiger partial charge in [0.25, 0.3) is 0 Å². The van der Waals surface area contributed by atoms with Crippen LogP contribution >= 0.6 is 12.2 Å². The normalized spacial score (nSPS) is 11.8. The lowest BCUT2D eigenvalue weighted by atomic mass is 10.0. The summed E-state index contributed by atoms with van der Waals surface area (Å²) < 4.78 is 5.33. The van der Waals surface area contributed by atoms with E-state index in [9.17, 15) is 0 Å². The van der Waals surface area contributed by atoms with Crippen molar-refractivity contribution in [1.82, 2.24) is 5.32 Å². The first-order chi connectivity index (χ1) is 11.7. The second-order valence-corrected chi connectivity index (χ2v) is 6.04. The predicted molar refractivity (Wildman–Crippen MR) is 105 cm³/mol. The molecule has 0 saturated heterocycles. The minimum atomic E-state index is 0.101. The summed E-state index contributed by atoms with van der Waals surface area (Å²) in [6, 6.07) is 22.6. The van der Waals surface area contributed by atoms with Gasteiger partial charge in [-0.25, -0.2) is 0 Å². The highest BCUT2D eigenvalue weighted by Gasteiger charge is 2.09. The Kier molecular flexibility index (Phi) is 4.96. The highest BCUT2D eigenvalue weighted by molar-refractivity contribution is 7.80. The fraction of sp³-hybridized carbons (Fsp3) is 0.150. The molecule has 0 saturated carbocycles. The number of anilines is 1. The van der Waals surface area contributed by atoms with Crippen LogP contribution in [-0.4, -0.2) is 12.2 Å². The zero-order valence-corrected chi connectivity index (χ0v) is 14.6. The fourth-order valence-electron chi connectivity index (χ4n) is 2.66. The Labute approximate surface area is 147 Å². The van der Waals surface area contributed by atoms with Gasteiger partial charge in [0.05, 0.1) is 18.8 Å². The van der Waals surface area contributed by atoms with Gasteiger partial charge in [-0.15, -0.1) is 0 Å². The highest BCUT2D eigenvalue weighted by atomic mass is 32.1. The van der Waals surface area contributed by atoms with Gasteiger partial charge in [-0.05, 0) is 53.7 Å². The third kappa shape index (κ3) is 3.66. The van der Waals surface area contributed by atoms with Gasteiger partial charge in [0.1, 0.15) is 5.75 Å². The predicted octanol–water partition coefficient (Wildman–Crippen LogP) is 4.90. The number of rotatable bonds is 4. The van der Waals surface area contributed by atoms with Crippen molar-refractivity contribution in [2.75, 3.05) is 12.4 Å². The van der Waals surface area contributed by atoms with Crippen molar-refractivity contribution in [3.63, 3.8) is 0 Å². The Morgan fingerprint density at radius 1 is 0.958 bits per heavy atom. The van der Waals surface area contributed by atoms with E-state index in [2.05, 4.69) is 60.0 Å². The van der Waals surface area contributed by atoms with E-state index in [4.69, 9.17) is 17.0 Å². The van der Waals surface area contributed by atoms with Crippen LogP contribution in [0.1, 0.15) is 18.5 Å². The number of ether oxygens (including phenoxy) is 1. The lowest BCUT2D eigenvalue weighted by Gasteiger charge is -2.19. The molecule has 0 aliphatic carbocycles. The van der Waals surface area contributed by atoms with E-state index in [1.165, 1.54) is 16.3 Å². The van der Waals surface area contributed by atoms with Crippen molar-refractivity contribution >= 4 is 33.8 Å². The van der Waals surface area contributed by atoms with Crippen LogP contribution in [0.4, 0.5) is 5.69 Å². The molecule has 0 spiro atoms. The number of hydrogen-bond acceptors (Lipinski definition) is 2. The first-order valence-corrected chi connectivity index (χ1v) is 8.27. The van der Waals surface area contributed by atoms with E-state index >= 15 is 0 Å². The molecule has 3 aromatic rings. The van der Waals surface area contributed by atoms with Gasteiger partial charge in [0.15, 0.2) is 5.11 Å². The molecule has 3 aromatic carbocycles. The van der Waals surface area contributed by atoms with Crippen LogP contribution in [0.2, 0.25) is 0 Å². The molecule has 0 bridgehead atoms. The molecule has 4 heteroatoms. The molecular weight excluding hydrogens is 316 g/mol. The van der Waals surface area contributed by atoms with Gasteiger partial charge in [0.2, 0.25) is 0 Å². The zero-order valence-electron chi connectivity index (χ0n) is 13.7. The van der Waals surface area contributed by atoms with Crippen molar-refractivity contribution < 1.29 is 4.74 Å². The minimum Gasteiger partial charge on any atom is -0.495 e. The second kappa shape index (κ2) is 7.32. The largest absolute Gasteiger partial charge is 0.495 e. The molecular formula is C20H20N2OS. The summed E-state index contributed by atoms with van der Waals surface area (Å²) >= 11 is 5.44. The molecule has 3 nitrogen and oxygen atoms in total. The molecule has 122 valence electrons. The maximum Gasteiger partial charge on any atom is 0.171 e. The van der Waals surface area contributed by atoms with Crippen LogP contribution < -0.4 is 15.4 Å². The minimum absolute atomic E-state index is 0.101. The lowest BCUT2D eigenvalue weighted by Crippen LogP contribution is -2.31. The van der Waals surface area contributed by atoms with E-state index in [1.807, 2.05) is 24.3 Å². The van der Waals surface area contributed by atoms with Crippen molar-refractivity contribution in [3.05, 3.63) is 72.3 Å². The number of benzene rings is 3. The van der Waals surface area contributed by atoms with Crippen molar-refractivity contribution in [2.24, 2.45) is 0 Å². The maximum atomic E-state index is 5.44. The third-order valence-corrected chi connectivity index (χ3v) is 4.20. The summed E-state index contributed by atoms with van der Waals surface area (Å²) in [5.41, 5.74) is 2.04. The molecule has 1 unspecified atom stereocenters. The summed E-state index contributed by atoms with van der Waals surface area (Å²) in [5, 5.41) is 9.56. The number of thiocarbonyl (C=S) groups is 1. The van der Waals surface area contributed by atoms with Crippen LogP contribution in [0.3, 0.4) is 0 Å². The molecule has 24 heavy (non-hydrogen) atoms. The SMILES string of the molecule is COc1ccccc1NC(=S)NC(C)c1ccc2ccccc2c1. The van der Waals surface area contributed by atoms with E-state index in [0.717, 1.165) is 11.4 Å². The van der Waals surface area contributed by atoms with Crippen LogP contribution in [0.15, 0.2) is 66.7 Å². The van der Waals surface area contributed by atoms with Gasteiger partial charge in [-0.1, -0.05) is 48.5 Å². The molecule has 0 amide bonds. The first-order valence-electron chi connectivity index (χ1n) is 7.86. The molecule has 1 atom stereocenters. The summed E-state index contributed by atoms with van der Waals surface area (Å²) in [4.78, 5) is 0. The van der Waals surface area contributed by atoms with Crippen molar-refractivity contribution in [2.45, 2.75) is 13.0 Å². The summed E-state index contributed by atoms with van der Waals surface area (Å²) in [5.74, 6) is 0.764. The summed E-state index contributed by atoms with van der Waals surface area (Å²) in [6.07, 6.45) is 0. The topological polar surface area (TPSA) is 33.3 Å². The molecule has 3 rings (SSSR count). The Hall–Kier alpha value is -2.59. The van der Waals surface area contributed by atoms with Gasteiger partial charge >= 0.3 is 0 Å². The molecule has 0 aliphatic heterocycles. The number of nitrogens with one attached hydrogen (secondary N) is 2. The third-order valence-electron chi connectivity index (χ3n) is 3.98. The molecule has 2 N–H and O–H groups in total. The van der Waals surface area contributed by atoms with Gasteiger partial charge in [-0.3, -0.25) is 0 Å². The van der Waals surface area contributed by atoms with Gasteiger partial charge in [0, 0.05) is 0 Å². The van der Waals surface area contributed by atoms with E-state index in [-0.39, 0.29) is 6.04 Å². The molecule has 0 fully saturated rings. The second-order valence-electron chi connectivity index (χ2n) is 5.63. The average molecular weight is 336 g/mol. The van der Waals surface area contributed by atoms with Gasteiger partial charge in [-0.2, -0.15) is 0 Å². The monoisotopic (exact) mass is 336 g/mol. The fourth-order valence-corrected chi connectivity index (χ4v) is 2.95. The zero-order chi connectivity index (χ0) is 16.9. The molecule has 0 aliphatic rings. The highest BCUT2D eigenvalue weighted by Crippen LogP contribution is 2.24. The summed E-state index contributed by atoms with van der Waals surface area (Å²) in [7, 11) is 1.65. The number of fused-ring (bicyclic) bond motifs is 1. The van der Waals surface area contributed by atoms with E-state index in [1.54, 1.807) is 7.11 Å². The molecule has 0 heterocycles. The van der Waals surface area contributed by atoms with Crippen molar-refractivity contribution in [1.29, 1.82) is 0 Å². The van der Waals surface area contributed by atoms with Crippen molar-refractivity contribution in [3.8, 4) is 5.75 Å². The quantitative estimate of drug-likeness (QED) is 0.664. The maximum absolute atomic E-state index is 5.44. The van der Waals surface area contributed by atoms with E-state index < -0.39 is 0 Å². The van der Waals surface area contributed by atoms with Crippen LogP contribution in [-0.2, 0) is 0 Å². The average Bonchev–Trinajstić information content (AvgIpc) is 2.61. The molecule has 0 radical (unpaired) electrons. The lowest BCUT2D eigenvalue weighted by molar-refractivity contribution is 0.417. The summed E-state index contributed by atoms with van der Waals surface area (Å²) in [6.45, 7) is 2.10. The Balaban J connectivity index is 1.71. The van der Waals surface area contributed by atoms with E-state index in [0.29, 0.717) is 5.11 Å². The first kappa shape index (κ1) is 16.3. The van der Waals surface area contributed by atoms with Crippen LogP contribution in [0.25, 0.3) is 10.8 Å². The smallest absolute Gasteiger partial charge is 0.171 e. The standard InChI is InChI=1S/C20H20N2OS/c1-14(16-12-11-15-7-3-4-8-17(15)13-16)21-20(24)22-18-9-5-6-10-19(18)23-2/h3-14H,1-2H3,(H2,21,22,24).